The van der Waals surface area contributed by atoms with Gasteiger partial charge in [-0.15, -0.1) is 0 Å². The molecular weight excluding hydrogens is 265 g/mol. The van der Waals surface area contributed by atoms with Crippen LogP contribution in [0.2, 0.25) is 0 Å². The molecule has 0 saturated carbocycles. The fourth-order valence-corrected chi connectivity index (χ4v) is 2.50. The van der Waals surface area contributed by atoms with Crippen LogP contribution in [-0.4, -0.2) is 19.7 Å². The van der Waals surface area contributed by atoms with Gasteiger partial charge in [-0.05, 0) is 54.8 Å². The highest BCUT2D eigenvalue weighted by atomic mass is 19.1. The van der Waals surface area contributed by atoms with Crippen LogP contribution < -0.4 is 10.1 Å². The summed E-state index contributed by atoms with van der Waals surface area (Å²) in [5.74, 6) is 0.691. The smallest absolute Gasteiger partial charge is 0.123 e. The van der Waals surface area contributed by atoms with Crippen LogP contribution in [0.1, 0.15) is 18.1 Å². The Morgan fingerprint density at radius 1 is 1.05 bits per heavy atom. The second-order valence-electron chi connectivity index (χ2n) is 5.14. The number of likely N-dealkylation sites (N-methyl/N-ethyl adjacent to an activating group) is 1. The van der Waals surface area contributed by atoms with Crippen LogP contribution in [0.15, 0.2) is 48.5 Å². The van der Waals surface area contributed by atoms with Crippen LogP contribution >= 0.6 is 0 Å². The molecule has 112 valence electrons. The zero-order valence-electron chi connectivity index (χ0n) is 12.6. The van der Waals surface area contributed by atoms with E-state index in [9.17, 15) is 4.39 Å². The summed E-state index contributed by atoms with van der Waals surface area (Å²) < 4.78 is 18.5. The second-order valence-corrected chi connectivity index (χ2v) is 5.14. The van der Waals surface area contributed by atoms with Gasteiger partial charge >= 0.3 is 0 Å². The molecule has 0 radical (unpaired) electrons. The van der Waals surface area contributed by atoms with Crippen molar-refractivity contribution in [1.82, 2.24) is 5.32 Å². The molecule has 0 aromatic heterocycles. The minimum Gasteiger partial charge on any atom is -0.497 e. The van der Waals surface area contributed by atoms with Crippen molar-refractivity contribution in [1.29, 1.82) is 0 Å². The molecule has 0 aliphatic heterocycles. The lowest BCUT2D eigenvalue weighted by Crippen LogP contribution is -2.33. The number of hydrogen-bond acceptors (Lipinski definition) is 2. The zero-order chi connectivity index (χ0) is 15.1. The summed E-state index contributed by atoms with van der Waals surface area (Å²) in [6.45, 7) is 2.99. The molecule has 0 amide bonds. The Morgan fingerprint density at radius 3 is 2.38 bits per heavy atom. The third kappa shape index (κ3) is 4.87. The van der Waals surface area contributed by atoms with E-state index in [0.717, 1.165) is 30.7 Å². The summed E-state index contributed by atoms with van der Waals surface area (Å²) in [4.78, 5) is 0. The molecule has 2 nitrogen and oxygen atoms in total. The van der Waals surface area contributed by atoms with Crippen LogP contribution in [0.5, 0.6) is 5.75 Å². The molecule has 0 aliphatic rings. The van der Waals surface area contributed by atoms with Gasteiger partial charge in [-0.1, -0.05) is 31.2 Å². The molecule has 0 heterocycles. The van der Waals surface area contributed by atoms with E-state index < -0.39 is 0 Å². The Bertz CT molecular complexity index is 553. The fraction of sp³-hybridized carbons (Fsp3) is 0.333. The van der Waals surface area contributed by atoms with Gasteiger partial charge in [0, 0.05) is 6.04 Å². The standard InChI is InChI=1S/C18H22FNO/c1-3-20-17(13-15-5-4-6-16(19)11-15)12-14-7-9-18(21-2)10-8-14/h4-11,17,20H,3,12-13H2,1-2H3. The number of methoxy groups -OCH3 is 1. The van der Waals surface area contributed by atoms with Crippen molar-refractivity contribution >= 4 is 0 Å². The third-order valence-corrected chi connectivity index (χ3v) is 3.51. The lowest BCUT2D eigenvalue weighted by Gasteiger charge is -2.18. The molecule has 0 aliphatic carbocycles. The number of nitrogens with one attached hydrogen (secondary N) is 1. The number of halogens is 1. The van der Waals surface area contributed by atoms with Crippen molar-refractivity contribution in [3.05, 3.63) is 65.5 Å². The highest BCUT2D eigenvalue weighted by Crippen LogP contribution is 2.15. The monoisotopic (exact) mass is 287 g/mol. The van der Waals surface area contributed by atoms with Gasteiger partial charge in [0.25, 0.3) is 0 Å². The maximum Gasteiger partial charge on any atom is 0.123 e. The minimum atomic E-state index is -0.174. The minimum absolute atomic E-state index is 0.174. The van der Waals surface area contributed by atoms with Crippen LogP contribution in [0, 0.1) is 5.82 Å². The molecule has 21 heavy (non-hydrogen) atoms. The van der Waals surface area contributed by atoms with E-state index in [1.807, 2.05) is 18.2 Å². The van der Waals surface area contributed by atoms with Crippen molar-refractivity contribution < 1.29 is 9.13 Å². The van der Waals surface area contributed by atoms with E-state index in [2.05, 4.69) is 24.4 Å². The van der Waals surface area contributed by atoms with Gasteiger partial charge in [-0.2, -0.15) is 0 Å². The van der Waals surface area contributed by atoms with Crippen molar-refractivity contribution in [2.75, 3.05) is 13.7 Å². The number of hydrogen-bond donors (Lipinski definition) is 1. The molecule has 2 rings (SSSR count). The van der Waals surface area contributed by atoms with Crippen LogP contribution in [0.4, 0.5) is 4.39 Å². The van der Waals surface area contributed by atoms with Crippen molar-refractivity contribution in [3.63, 3.8) is 0 Å². The van der Waals surface area contributed by atoms with Crippen LogP contribution in [-0.2, 0) is 12.8 Å². The number of rotatable bonds is 7. The van der Waals surface area contributed by atoms with E-state index in [0.29, 0.717) is 6.04 Å². The average molecular weight is 287 g/mol. The predicted molar refractivity (Wildman–Crippen MR) is 84.3 cm³/mol. The highest BCUT2D eigenvalue weighted by Gasteiger charge is 2.10. The third-order valence-electron chi connectivity index (χ3n) is 3.51. The predicted octanol–water partition coefficient (Wildman–Crippen LogP) is 3.60. The maximum absolute atomic E-state index is 13.3. The van der Waals surface area contributed by atoms with E-state index in [-0.39, 0.29) is 5.82 Å². The van der Waals surface area contributed by atoms with Crippen LogP contribution in [0.25, 0.3) is 0 Å². The Labute approximate surface area is 126 Å². The molecule has 1 N–H and O–H groups in total. The first-order valence-electron chi connectivity index (χ1n) is 7.32. The largest absolute Gasteiger partial charge is 0.497 e. The molecule has 2 aromatic rings. The van der Waals surface area contributed by atoms with Gasteiger partial charge in [0.05, 0.1) is 7.11 Å². The van der Waals surface area contributed by atoms with Gasteiger partial charge in [0.2, 0.25) is 0 Å². The summed E-state index contributed by atoms with van der Waals surface area (Å²) in [5, 5.41) is 3.47. The summed E-state index contributed by atoms with van der Waals surface area (Å²) in [5.41, 5.74) is 2.27. The van der Waals surface area contributed by atoms with Crippen molar-refractivity contribution in [2.45, 2.75) is 25.8 Å². The molecule has 0 spiro atoms. The van der Waals surface area contributed by atoms with Gasteiger partial charge in [0.15, 0.2) is 0 Å². The first-order chi connectivity index (χ1) is 10.2. The fourth-order valence-electron chi connectivity index (χ4n) is 2.50. The topological polar surface area (TPSA) is 21.3 Å². The van der Waals surface area contributed by atoms with E-state index in [1.54, 1.807) is 19.2 Å². The van der Waals surface area contributed by atoms with Gasteiger partial charge in [-0.3, -0.25) is 0 Å². The zero-order valence-corrected chi connectivity index (χ0v) is 12.6. The lowest BCUT2D eigenvalue weighted by atomic mass is 9.99. The molecule has 3 heteroatoms. The summed E-state index contributed by atoms with van der Waals surface area (Å²) in [7, 11) is 1.67. The number of benzene rings is 2. The Morgan fingerprint density at radius 2 is 1.76 bits per heavy atom. The van der Waals surface area contributed by atoms with Gasteiger partial charge < -0.3 is 10.1 Å². The molecule has 0 fully saturated rings. The molecule has 1 unspecified atom stereocenters. The summed E-state index contributed by atoms with van der Waals surface area (Å²) in [6.07, 6.45) is 1.73. The molecular formula is C18H22FNO. The Hall–Kier alpha value is -1.87. The highest BCUT2D eigenvalue weighted by molar-refractivity contribution is 5.28. The van der Waals surface area contributed by atoms with Gasteiger partial charge in [0.1, 0.15) is 11.6 Å². The van der Waals surface area contributed by atoms with E-state index in [1.165, 1.54) is 11.6 Å². The van der Waals surface area contributed by atoms with Crippen molar-refractivity contribution in [2.24, 2.45) is 0 Å². The Balaban J connectivity index is 2.04. The first kappa shape index (κ1) is 15.5. The molecule has 0 saturated heterocycles. The normalized spacial score (nSPS) is 12.1. The Kier molecular flexibility index (Phi) is 5.76. The summed E-state index contributed by atoms with van der Waals surface area (Å²) in [6, 6.07) is 15.2. The molecule has 0 bridgehead atoms. The maximum atomic E-state index is 13.3. The quantitative estimate of drug-likeness (QED) is 0.840. The molecule has 1 atom stereocenters. The van der Waals surface area contributed by atoms with E-state index in [4.69, 9.17) is 4.74 Å². The van der Waals surface area contributed by atoms with Crippen LogP contribution in [0.3, 0.4) is 0 Å². The lowest BCUT2D eigenvalue weighted by molar-refractivity contribution is 0.414. The molecule has 2 aromatic carbocycles. The summed E-state index contributed by atoms with van der Waals surface area (Å²) >= 11 is 0. The average Bonchev–Trinajstić information content (AvgIpc) is 2.48. The van der Waals surface area contributed by atoms with Crippen molar-refractivity contribution in [3.8, 4) is 5.75 Å². The second kappa shape index (κ2) is 7.79. The van der Waals surface area contributed by atoms with E-state index >= 15 is 0 Å². The first-order valence-corrected chi connectivity index (χ1v) is 7.32. The SMILES string of the molecule is CCNC(Cc1ccc(OC)cc1)Cc1cccc(F)c1. The number of ether oxygens (including phenoxy) is 1. The van der Waals surface area contributed by atoms with Gasteiger partial charge in [-0.25, -0.2) is 4.39 Å².